The number of nitrogens with one attached hydrogen (secondary N) is 1. The molecule has 0 aromatic carbocycles. The molecule has 2 rings (SSSR count). The number of carbonyl (C=O) groups excluding carboxylic acids is 1. The largest absolute Gasteiger partial charge is 0.370 e. The van der Waals surface area contributed by atoms with Crippen LogP contribution in [0, 0.1) is 5.41 Å². The molecule has 0 aliphatic carbocycles. The van der Waals surface area contributed by atoms with Crippen molar-refractivity contribution in [3.8, 4) is 0 Å². The van der Waals surface area contributed by atoms with Crippen LogP contribution in [0.2, 0.25) is 0 Å². The van der Waals surface area contributed by atoms with Crippen LogP contribution in [-0.2, 0) is 9.53 Å². The summed E-state index contributed by atoms with van der Waals surface area (Å²) in [7, 11) is 0. The summed E-state index contributed by atoms with van der Waals surface area (Å²) in [6.45, 7) is 10.3. The molecular weight excluding hydrogens is 204 g/mol. The Balaban J connectivity index is 1.93. The number of ketones is 1. The highest BCUT2D eigenvalue weighted by Gasteiger charge is 2.34. The smallest absolute Gasteiger partial charge is 0.136 e. The number of hydrogen-bond donors (Lipinski definition) is 1. The van der Waals surface area contributed by atoms with Crippen molar-refractivity contribution in [1.82, 2.24) is 10.2 Å². The van der Waals surface area contributed by atoms with E-state index in [2.05, 4.69) is 10.2 Å². The average molecular weight is 226 g/mol. The molecule has 4 heteroatoms. The minimum atomic E-state index is -0.237. The zero-order valence-corrected chi connectivity index (χ0v) is 10.5. The van der Waals surface area contributed by atoms with Gasteiger partial charge in [0.15, 0.2) is 0 Å². The van der Waals surface area contributed by atoms with Gasteiger partial charge in [0.1, 0.15) is 5.78 Å². The van der Waals surface area contributed by atoms with Gasteiger partial charge in [-0.2, -0.15) is 0 Å². The van der Waals surface area contributed by atoms with Crippen molar-refractivity contribution < 1.29 is 9.53 Å². The molecule has 4 nitrogen and oxygen atoms in total. The number of fused-ring (bicyclic) bond motifs is 2. The van der Waals surface area contributed by atoms with E-state index in [1.54, 1.807) is 6.92 Å². The topological polar surface area (TPSA) is 41.6 Å². The van der Waals surface area contributed by atoms with Gasteiger partial charge >= 0.3 is 0 Å². The van der Waals surface area contributed by atoms with Crippen molar-refractivity contribution in [2.45, 2.75) is 33.0 Å². The fourth-order valence-electron chi connectivity index (χ4n) is 2.44. The highest BCUT2D eigenvalue weighted by molar-refractivity contribution is 5.81. The average Bonchev–Trinajstić information content (AvgIpc) is 2.15. The SMILES string of the molecule is CC(=O)C(C)(C)CN1CC2CNCC(C1)O2. The summed E-state index contributed by atoms with van der Waals surface area (Å²) in [6.07, 6.45) is 0.602. The van der Waals surface area contributed by atoms with Crippen LogP contribution in [-0.4, -0.2) is 55.6 Å². The molecule has 16 heavy (non-hydrogen) atoms. The van der Waals surface area contributed by atoms with Gasteiger partial charge < -0.3 is 10.1 Å². The van der Waals surface area contributed by atoms with Crippen LogP contribution in [0.25, 0.3) is 0 Å². The second kappa shape index (κ2) is 4.43. The molecule has 0 aromatic heterocycles. The third kappa shape index (κ3) is 2.62. The van der Waals surface area contributed by atoms with Gasteiger partial charge in [0, 0.05) is 38.1 Å². The van der Waals surface area contributed by atoms with Crippen LogP contribution in [0.5, 0.6) is 0 Å². The lowest BCUT2D eigenvalue weighted by molar-refractivity contribution is -0.131. The third-order valence-electron chi connectivity index (χ3n) is 3.62. The van der Waals surface area contributed by atoms with Crippen LogP contribution >= 0.6 is 0 Å². The van der Waals surface area contributed by atoms with E-state index in [-0.39, 0.29) is 11.2 Å². The van der Waals surface area contributed by atoms with Crippen molar-refractivity contribution >= 4 is 5.78 Å². The Morgan fingerprint density at radius 1 is 1.38 bits per heavy atom. The highest BCUT2D eigenvalue weighted by atomic mass is 16.5. The van der Waals surface area contributed by atoms with Gasteiger partial charge in [-0.25, -0.2) is 0 Å². The van der Waals surface area contributed by atoms with E-state index in [1.165, 1.54) is 0 Å². The van der Waals surface area contributed by atoms with Gasteiger partial charge in [-0.15, -0.1) is 0 Å². The summed E-state index contributed by atoms with van der Waals surface area (Å²) in [6, 6.07) is 0. The lowest BCUT2D eigenvalue weighted by Crippen LogP contribution is -2.59. The number of rotatable bonds is 3. The molecule has 0 amide bonds. The molecule has 0 saturated carbocycles. The van der Waals surface area contributed by atoms with Crippen LogP contribution in [0.15, 0.2) is 0 Å². The second-order valence-corrected chi connectivity index (χ2v) is 5.67. The first kappa shape index (κ1) is 12.0. The van der Waals surface area contributed by atoms with Crippen molar-refractivity contribution in [2.75, 3.05) is 32.7 Å². The molecule has 1 N–H and O–H groups in total. The standard InChI is InChI=1S/C12H22N2O2/c1-9(15)12(2,3)8-14-6-10-4-13-5-11(7-14)16-10/h10-11,13H,4-8H2,1-3H3. The minimum absolute atomic E-state index is 0.237. The normalized spacial score (nSPS) is 31.4. The van der Waals surface area contributed by atoms with Crippen LogP contribution in [0.3, 0.4) is 0 Å². The van der Waals surface area contributed by atoms with Crippen LogP contribution < -0.4 is 5.32 Å². The maximum absolute atomic E-state index is 11.5. The number of ether oxygens (including phenoxy) is 1. The van der Waals surface area contributed by atoms with Crippen molar-refractivity contribution in [3.63, 3.8) is 0 Å². The number of morpholine rings is 2. The summed E-state index contributed by atoms with van der Waals surface area (Å²) in [4.78, 5) is 13.9. The maximum atomic E-state index is 11.5. The fourth-order valence-corrected chi connectivity index (χ4v) is 2.44. The van der Waals surface area contributed by atoms with Gasteiger partial charge in [0.2, 0.25) is 0 Å². The maximum Gasteiger partial charge on any atom is 0.136 e. The van der Waals surface area contributed by atoms with Gasteiger partial charge in [0.25, 0.3) is 0 Å². The lowest BCUT2D eigenvalue weighted by Gasteiger charge is -2.43. The van der Waals surface area contributed by atoms with E-state index >= 15 is 0 Å². The summed E-state index contributed by atoms with van der Waals surface area (Å²) in [5.74, 6) is 0.266. The quantitative estimate of drug-likeness (QED) is 0.750. The molecule has 2 saturated heterocycles. The number of nitrogens with zero attached hydrogens (tertiary/aromatic N) is 1. The number of carbonyl (C=O) groups is 1. The first-order valence-corrected chi connectivity index (χ1v) is 6.07. The molecule has 2 unspecified atom stereocenters. The molecule has 2 aliphatic rings. The van der Waals surface area contributed by atoms with Crippen molar-refractivity contribution in [3.05, 3.63) is 0 Å². The Morgan fingerprint density at radius 3 is 2.44 bits per heavy atom. The van der Waals surface area contributed by atoms with Crippen LogP contribution in [0.4, 0.5) is 0 Å². The first-order valence-electron chi connectivity index (χ1n) is 6.07. The summed E-state index contributed by atoms with van der Waals surface area (Å²) >= 11 is 0. The monoisotopic (exact) mass is 226 g/mol. The molecule has 2 atom stereocenters. The number of Topliss-reactive ketones (excluding diaryl/α,β-unsaturated/α-hetero) is 1. The van der Waals surface area contributed by atoms with E-state index in [0.29, 0.717) is 12.2 Å². The van der Waals surface area contributed by atoms with E-state index < -0.39 is 0 Å². The highest BCUT2D eigenvalue weighted by Crippen LogP contribution is 2.22. The Morgan fingerprint density at radius 2 is 1.94 bits per heavy atom. The minimum Gasteiger partial charge on any atom is -0.370 e. The lowest BCUT2D eigenvalue weighted by atomic mass is 9.88. The van der Waals surface area contributed by atoms with E-state index in [0.717, 1.165) is 32.7 Å². The molecule has 92 valence electrons. The Kier molecular flexibility index (Phi) is 3.33. The third-order valence-corrected chi connectivity index (χ3v) is 3.62. The van der Waals surface area contributed by atoms with Crippen LogP contribution in [0.1, 0.15) is 20.8 Å². The summed E-state index contributed by atoms with van der Waals surface area (Å²) < 4.78 is 5.84. The Hall–Kier alpha value is -0.450. The zero-order chi connectivity index (χ0) is 11.8. The summed E-state index contributed by atoms with van der Waals surface area (Å²) in [5, 5.41) is 3.37. The van der Waals surface area contributed by atoms with Gasteiger partial charge in [-0.1, -0.05) is 13.8 Å². The van der Waals surface area contributed by atoms with Gasteiger partial charge in [-0.3, -0.25) is 9.69 Å². The molecular formula is C12H22N2O2. The zero-order valence-electron chi connectivity index (χ0n) is 10.5. The number of hydrogen-bond acceptors (Lipinski definition) is 4. The molecule has 2 aliphatic heterocycles. The molecule has 2 heterocycles. The van der Waals surface area contributed by atoms with Crippen molar-refractivity contribution in [2.24, 2.45) is 5.41 Å². The van der Waals surface area contributed by atoms with E-state index in [1.807, 2.05) is 13.8 Å². The van der Waals surface area contributed by atoms with E-state index in [4.69, 9.17) is 4.74 Å². The molecule has 2 bridgehead atoms. The Bertz CT molecular complexity index is 266. The molecule has 0 aromatic rings. The predicted molar refractivity (Wildman–Crippen MR) is 62.4 cm³/mol. The first-order chi connectivity index (χ1) is 7.47. The Labute approximate surface area is 97.3 Å². The fraction of sp³-hybridized carbons (Fsp3) is 0.917. The summed E-state index contributed by atoms with van der Waals surface area (Å²) in [5.41, 5.74) is -0.237. The predicted octanol–water partition coefficient (Wildman–Crippen LogP) is 0.274. The second-order valence-electron chi connectivity index (χ2n) is 5.67. The van der Waals surface area contributed by atoms with Gasteiger partial charge in [-0.05, 0) is 6.92 Å². The molecule has 0 radical (unpaired) electrons. The van der Waals surface area contributed by atoms with E-state index in [9.17, 15) is 4.79 Å². The van der Waals surface area contributed by atoms with Crippen molar-refractivity contribution in [1.29, 1.82) is 0 Å². The molecule has 0 spiro atoms. The van der Waals surface area contributed by atoms with Gasteiger partial charge in [0.05, 0.1) is 12.2 Å². The molecule has 2 fully saturated rings.